The number of hydrogen-bond donors (Lipinski definition) is 3. The van der Waals surface area contributed by atoms with E-state index in [-0.39, 0.29) is 0 Å². The molecular formula is C14H20N2O2. The zero-order valence-electron chi connectivity index (χ0n) is 10.8. The second-order valence-electron chi connectivity index (χ2n) is 4.33. The topological polar surface area (TPSA) is 75.3 Å². The fourth-order valence-electron chi connectivity index (χ4n) is 1.44. The second kappa shape index (κ2) is 6.81. The van der Waals surface area contributed by atoms with Crippen molar-refractivity contribution < 1.29 is 9.90 Å². The van der Waals surface area contributed by atoms with Gasteiger partial charge in [0, 0.05) is 12.2 Å². The van der Waals surface area contributed by atoms with E-state index in [2.05, 4.69) is 18.3 Å². The first kappa shape index (κ1) is 14.3. The van der Waals surface area contributed by atoms with Crippen LogP contribution in [0.5, 0.6) is 0 Å². The molecule has 1 rings (SSSR count). The number of allylic oxidation sites excluding steroid dienone is 1. The smallest absolute Gasteiger partial charge is 0.320 e. The molecule has 0 radical (unpaired) electrons. The zero-order chi connectivity index (χ0) is 13.5. The Balaban J connectivity index is 2.55. The number of rotatable bonds is 6. The van der Waals surface area contributed by atoms with E-state index in [1.165, 1.54) is 5.57 Å². The van der Waals surface area contributed by atoms with Gasteiger partial charge in [0.2, 0.25) is 0 Å². The third-order valence-corrected chi connectivity index (χ3v) is 2.79. The van der Waals surface area contributed by atoms with E-state index in [0.717, 1.165) is 17.8 Å². The van der Waals surface area contributed by atoms with Crippen molar-refractivity contribution in [2.24, 2.45) is 5.73 Å². The van der Waals surface area contributed by atoms with Crippen molar-refractivity contribution in [3.8, 4) is 0 Å². The van der Waals surface area contributed by atoms with Crippen molar-refractivity contribution >= 4 is 11.7 Å². The molecule has 18 heavy (non-hydrogen) atoms. The first-order valence-electron chi connectivity index (χ1n) is 5.96. The number of benzene rings is 1. The highest BCUT2D eigenvalue weighted by Crippen LogP contribution is 2.11. The summed E-state index contributed by atoms with van der Waals surface area (Å²) in [4.78, 5) is 10.6. The van der Waals surface area contributed by atoms with Gasteiger partial charge in [-0.3, -0.25) is 4.79 Å². The van der Waals surface area contributed by atoms with Gasteiger partial charge in [-0.2, -0.15) is 0 Å². The molecule has 0 amide bonds. The van der Waals surface area contributed by atoms with Crippen molar-refractivity contribution in [1.29, 1.82) is 0 Å². The number of nitrogens with two attached hydrogens (primary N) is 1. The molecule has 0 fully saturated rings. The van der Waals surface area contributed by atoms with Crippen LogP contribution < -0.4 is 11.1 Å². The SMILES string of the molecule is CC=C(C)CNc1ccc(CC(N)C(=O)O)cc1. The van der Waals surface area contributed by atoms with E-state index in [9.17, 15) is 4.79 Å². The van der Waals surface area contributed by atoms with Crippen LogP contribution in [0.2, 0.25) is 0 Å². The first-order chi connectivity index (χ1) is 8.52. The third kappa shape index (κ3) is 4.59. The normalized spacial score (nSPS) is 13.2. The maximum Gasteiger partial charge on any atom is 0.320 e. The van der Waals surface area contributed by atoms with E-state index < -0.39 is 12.0 Å². The number of carbonyl (C=O) groups is 1. The monoisotopic (exact) mass is 248 g/mol. The van der Waals surface area contributed by atoms with Gasteiger partial charge < -0.3 is 16.2 Å². The molecule has 4 heteroatoms. The number of hydrogen-bond acceptors (Lipinski definition) is 3. The van der Waals surface area contributed by atoms with Crippen LogP contribution >= 0.6 is 0 Å². The Kier molecular flexibility index (Phi) is 5.39. The molecule has 0 bridgehead atoms. The van der Waals surface area contributed by atoms with Crippen LogP contribution in [0.15, 0.2) is 35.9 Å². The van der Waals surface area contributed by atoms with Gasteiger partial charge in [-0.1, -0.05) is 23.8 Å². The lowest BCUT2D eigenvalue weighted by Gasteiger charge is -2.09. The maximum absolute atomic E-state index is 10.6. The lowest BCUT2D eigenvalue weighted by molar-refractivity contribution is -0.138. The predicted molar refractivity (Wildman–Crippen MR) is 73.7 cm³/mol. The maximum atomic E-state index is 10.6. The minimum Gasteiger partial charge on any atom is -0.480 e. The van der Waals surface area contributed by atoms with Gasteiger partial charge >= 0.3 is 5.97 Å². The molecule has 0 spiro atoms. The largest absolute Gasteiger partial charge is 0.480 e. The Hall–Kier alpha value is -1.81. The number of anilines is 1. The van der Waals surface area contributed by atoms with Gasteiger partial charge in [0.1, 0.15) is 6.04 Å². The van der Waals surface area contributed by atoms with Gasteiger partial charge in [-0.05, 0) is 38.0 Å². The standard InChI is InChI=1S/C14H20N2O2/c1-3-10(2)9-16-12-6-4-11(5-7-12)8-13(15)14(17)18/h3-7,13,16H,8-9,15H2,1-2H3,(H,17,18). The summed E-state index contributed by atoms with van der Waals surface area (Å²) in [7, 11) is 0. The summed E-state index contributed by atoms with van der Waals surface area (Å²) in [5.41, 5.74) is 8.70. The molecule has 0 aliphatic carbocycles. The molecule has 0 aromatic heterocycles. The molecule has 1 atom stereocenters. The van der Waals surface area contributed by atoms with Gasteiger partial charge in [-0.25, -0.2) is 0 Å². The van der Waals surface area contributed by atoms with Gasteiger partial charge in [0.05, 0.1) is 0 Å². The summed E-state index contributed by atoms with van der Waals surface area (Å²) < 4.78 is 0. The molecule has 0 heterocycles. The third-order valence-electron chi connectivity index (χ3n) is 2.79. The van der Waals surface area contributed by atoms with E-state index in [1.807, 2.05) is 31.2 Å². The minimum atomic E-state index is -0.971. The van der Waals surface area contributed by atoms with Crippen LogP contribution in [0.4, 0.5) is 5.69 Å². The highest BCUT2D eigenvalue weighted by molar-refractivity contribution is 5.73. The summed E-state index contributed by atoms with van der Waals surface area (Å²) in [6.45, 7) is 4.88. The summed E-state index contributed by atoms with van der Waals surface area (Å²) in [5, 5.41) is 12.0. The van der Waals surface area contributed by atoms with Crippen LogP contribution in [0.25, 0.3) is 0 Å². The Morgan fingerprint density at radius 2 is 2.06 bits per heavy atom. The molecule has 0 aliphatic rings. The van der Waals surface area contributed by atoms with Crippen molar-refractivity contribution in [3.05, 3.63) is 41.5 Å². The summed E-state index contributed by atoms with van der Waals surface area (Å²) in [5.74, 6) is -0.971. The molecule has 98 valence electrons. The summed E-state index contributed by atoms with van der Waals surface area (Å²) in [6, 6.07) is 6.83. The molecule has 4 N–H and O–H groups in total. The van der Waals surface area contributed by atoms with Crippen LogP contribution in [-0.2, 0) is 11.2 Å². The van der Waals surface area contributed by atoms with Gasteiger partial charge in [0.15, 0.2) is 0 Å². The quantitative estimate of drug-likeness (QED) is 0.673. The zero-order valence-corrected chi connectivity index (χ0v) is 10.8. The van der Waals surface area contributed by atoms with Crippen molar-refractivity contribution in [3.63, 3.8) is 0 Å². The van der Waals surface area contributed by atoms with Crippen LogP contribution in [0.3, 0.4) is 0 Å². The van der Waals surface area contributed by atoms with Crippen LogP contribution in [-0.4, -0.2) is 23.7 Å². The Morgan fingerprint density at radius 3 is 2.56 bits per heavy atom. The highest BCUT2D eigenvalue weighted by Gasteiger charge is 2.11. The first-order valence-corrected chi connectivity index (χ1v) is 5.96. The van der Waals surface area contributed by atoms with E-state index in [4.69, 9.17) is 10.8 Å². The lowest BCUT2D eigenvalue weighted by Crippen LogP contribution is -2.32. The molecule has 1 aromatic rings. The highest BCUT2D eigenvalue weighted by atomic mass is 16.4. The van der Waals surface area contributed by atoms with Crippen LogP contribution in [0, 0.1) is 0 Å². The molecule has 1 unspecified atom stereocenters. The number of nitrogens with one attached hydrogen (secondary N) is 1. The number of aliphatic carboxylic acids is 1. The molecule has 0 saturated carbocycles. The average molecular weight is 248 g/mol. The molecule has 1 aromatic carbocycles. The predicted octanol–water partition coefficient (Wildman–Crippen LogP) is 2.02. The molecule has 4 nitrogen and oxygen atoms in total. The summed E-state index contributed by atoms with van der Waals surface area (Å²) in [6.07, 6.45) is 2.41. The minimum absolute atomic E-state index is 0.351. The second-order valence-corrected chi connectivity index (χ2v) is 4.33. The molecular weight excluding hydrogens is 228 g/mol. The number of carboxylic acid groups (broad SMARTS) is 1. The van der Waals surface area contributed by atoms with E-state index in [0.29, 0.717) is 6.42 Å². The van der Waals surface area contributed by atoms with Crippen LogP contribution in [0.1, 0.15) is 19.4 Å². The fraction of sp³-hybridized carbons (Fsp3) is 0.357. The lowest BCUT2D eigenvalue weighted by atomic mass is 10.1. The van der Waals surface area contributed by atoms with Crippen molar-refractivity contribution in [2.75, 3.05) is 11.9 Å². The Bertz CT molecular complexity index is 424. The Morgan fingerprint density at radius 1 is 1.44 bits per heavy atom. The van der Waals surface area contributed by atoms with Crippen molar-refractivity contribution in [2.45, 2.75) is 26.3 Å². The Labute approximate surface area is 108 Å². The van der Waals surface area contributed by atoms with Crippen molar-refractivity contribution in [1.82, 2.24) is 0 Å². The van der Waals surface area contributed by atoms with E-state index >= 15 is 0 Å². The number of carboxylic acids is 1. The molecule has 0 aliphatic heterocycles. The fourth-order valence-corrected chi connectivity index (χ4v) is 1.44. The summed E-state index contributed by atoms with van der Waals surface area (Å²) >= 11 is 0. The van der Waals surface area contributed by atoms with Gasteiger partial charge in [-0.15, -0.1) is 0 Å². The average Bonchev–Trinajstić information content (AvgIpc) is 2.37. The molecule has 0 saturated heterocycles. The van der Waals surface area contributed by atoms with E-state index in [1.54, 1.807) is 0 Å². The van der Waals surface area contributed by atoms with Gasteiger partial charge in [0.25, 0.3) is 0 Å².